The fourth-order valence-corrected chi connectivity index (χ4v) is 3.24. The van der Waals surface area contributed by atoms with Gasteiger partial charge in [0.25, 0.3) is 0 Å². The Morgan fingerprint density at radius 1 is 1.20 bits per heavy atom. The van der Waals surface area contributed by atoms with E-state index >= 15 is 0 Å². The van der Waals surface area contributed by atoms with Crippen molar-refractivity contribution >= 4 is 17.5 Å². The highest BCUT2D eigenvalue weighted by molar-refractivity contribution is 6.01. The number of anilines is 1. The highest BCUT2D eigenvalue weighted by Gasteiger charge is 2.37. The lowest BCUT2D eigenvalue weighted by Crippen LogP contribution is -2.38. The molecule has 1 aliphatic heterocycles. The van der Waals surface area contributed by atoms with E-state index in [9.17, 15) is 9.59 Å². The summed E-state index contributed by atoms with van der Waals surface area (Å²) in [5, 5.41) is 0. The van der Waals surface area contributed by atoms with Crippen LogP contribution in [-0.2, 0) is 9.59 Å². The van der Waals surface area contributed by atoms with Gasteiger partial charge >= 0.3 is 0 Å². The highest BCUT2D eigenvalue weighted by atomic mass is 16.5. The number of hydrogen-bond donors (Lipinski definition) is 0. The summed E-state index contributed by atoms with van der Waals surface area (Å²) in [7, 11) is 3.14. The number of amides is 2. The first-order valence-electron chi connectivity index (χ1n) is 8.86. The monoisotopic (exact) mass is 348 g/mol. The van der Waals surface area contributed by atoms with E-state index in [4.69, 9.17) is 9.47 Å². The third kappa shape index (κ3) is 4.24. The summed E-state index contributed by atoms with van der Waals surface area (Å²) in [5.74, 6) is 0.968. The van der Waals surface area contributed by atoms with E-state index in [1.807, 2.05) is 4.90 Å². The minimum Gasteiger partial charge on any atom is -0.497 e. The number of methoxy groups -OCH3 is 2. The number of benzene rings is 1. The normalized spacial score (nSPS) is 16.9. The van der Waals surface area contributed by atoms with Gasteiger partial charge in [0, 0.05) is 32.1 Å². The molecule has 0 aliphatic carbocycles. The predicted molar refractivity (Wildman–Crippen MR) is 97.2 cm³/mol. The van der Waals surface area contributed by atoms with Crippen molar-refractivity contribution in [2.75, 3.05) is 38.8 Å². The second kappa shape index (κ2) is 8.74. The molecule has 1 atom stereocenters. The largest absolute Gasteiger partial charge is 0.497 e. The SMILES string of the molecule is CCCN(CCC)C(=O)[C@@H]1CC(=O)N(c2ccc(OC)cc2OC)C1. The quantitative estimate of drug-likeness (QED) is 0.725. The molecule has 0 aromatic heterocycles. The van der Waals surface area contributed by atoms with Gasteiger partial charge in [-0.1, -0.05) is 13.8 Å². The van der Waals surface area contributed by atoms with Crippen molar-refractivity contribution in [3.05, 3.63) is 18.2 Å². The Morgan fingerprint density at radius 2 is 1.88 bits per heavy atom. The molecule has 6 heteroatoms. The van der Waals surface area contributed by atoms with Crippen LogP contribution in [0.2, 0.25) is 0 Å². The number of rotatable bonds is 8. The molecule has 1 aromatic carbocycles. The van der Waals surface area contributed by atoms with Crippen molar-refractivity contribution in [2.45, 2.75) is 33.1 Å². The maximum Gasteiger partial charge on any atom is 0.228 e. The van der Waals surface area contributed by atoms with Gasteiger partial charge in [0.2, 0.25) is 11.8 Å². The van der Waals surface area contributed by atoms with E-state index in [-0.39, 0.29) is 24.2 Å². The van der Waals surface area contributed by atoms with Crippen LogP contribution >= 0.6 is 0 Å². The van der Waals surface area contributed by atoms with Crippen LogP contribution in [0.3, 0.4) is 0 Å². The Labute approximate surface area is 149 Å². The first-order valence-corrected chi connectivity index (χ1v) is 8.86. The van der Waals surface area contributed by atoms with Gasteiger partial charge in [0.05, 0.1) is 25.8 Å². The van der Waals surface area contributed by atoms with E-state index in [1.165, 1.54) is 0 Å². The molecule has 0 unspecified atom stereocenters. The molecule has 0 saturated carbocycles. The molecule has 0 N–H and O–H groups in total. The minimum absolute atomic E-state index is 0.0465. The van der Waals surface area contributed by atoms with E-state index in [0.717, 1.165) is 25.9 Å². The van der Waals surface area contributed by atoms with Crippen molar-refractivity contribution in [1.29, 1.82) is 0 Å². The van der Waals surface area contributed by atoms with Gasteiger partial charge in [-0.15, -0.1) is 0 Å². The molecule has 0 bridgehead atoms. The molecule has 1 saturated heterocycles. The maximum atomic E-state index is 12.8. The second-order valence-electron chi connectivity index (χ2n) is 6.27. The van der Waals surface area contributed by atoms with E-state index in [1.54, 1.807) is 37.3 Å². The number of hydrogen-bond acceptors (Lipinski definition) is 4. The Hall–Kier alpha value is -2.24. The first kappa shape index (κ1) is 19.1. The van der Waals surface area contributed by atoms with Crippen LogP contribution in [0.5, 0.6) is 11.5 Å². The predicted octanol–water partition coefficient (Wildman–Crippen LogP) is 2.71. The molecule has 6 nitrogen and oxygen atoms in total. The maximum absolute atomic E-state index is 12.8. The molecule has 0 radical (unpaired) electrons. The number of nitrogens with zero attached hydrogens (tertiary/aromatic N) is 2. The molecule has 2 rings (SSSR count). The van der Waals surface area contributed by atoms with Gasteiger partial charge in [-0.3, -0.25) is 9.59 Å². The van der Waals surface area contributed by atoms with Crippen LogP contribution in [0.4, 0.5) is 5.69 Å². The summed E-state index contributed by atoms with van der Waals surface area (Å²) in [6, 6.07) is 5.34. The highest BCUT2D eigenvalue weighted by Crippen LogP contribution is 2.36. The number of carbonyl (C=O) groups is 2. The lowest BCUT2D eigenvalue weighted by atomic mass is 10.1. The van der Waals surface area contributed by atoms with Crippen LogP contribution in [0.15, 0.2) is 18.2 Å². The Kier molecular flexibility index (Phi) is 6.67. The summed E-state index contributed by atoms with van der Waals surface area (Å²) < 4.78 is 10.6. The second-order valence-corrected chi connectivity index (χ2v) is 6.27. The van der Waals surface area contributed by atoms with Crippen molar-refractivity contribution in [3.63, 3.8) is 0 Å². The third-order valence-corrected chi connectivity index (χ3v) is 4.45. The van der Waals surface area contributed by atoms with Gasteiger partial charge in [-0.2, -0.15) is 0 Å². The molecule has 1 heterocycles. The van der Waals surface area contributed by atoms with Crippen molar-refractivity contribution in [3.8, 4) is 11.5 Å². The summed E-state index contributed by atoms with van der Waals surface area (Å²) in [5.41, 5.74) is 0.682. The van der Waals surface area contributed by atoms with Crippen molar-refractivity contribution in [1.82, 2.24) is 4.90 Å². The first-order chi connectivity index (χ1) is 12.0. The minimum atomic E-state index is -0.294. The van der Waals surface area contributed by atoms with E-state index in [0.29, 0.717) is 23.7 Å². The van der Waals surface area contributed by atoms with E-state index < -0.39 is 0 Å². The van der Waals surface area contributed by atoms with Gasteiger partial charge in [-0.25, -0.2) is 0 Å². The van der Waals surface area contributed by atoms with Crippen LogP contribution < -0.4 is 14.4 Å². The molecule has 1 aromatic rings. The van der Waals surface area contributed by atoms with Gasteiger partial charge in [-0.05, 0) is 25.0 Å². The van der Waals surface area contributed by atoms with Gasteiger partial charge < -0.3 is 19.3 Å². The molecular weight excluding hydrogens is 320 g/mol. The zero-order chi connectivity index (χ0) is 18.4. The average molecular weight is 348 g/mol. The Bertz CT molecular complexity index is 611. The number of carbonyl (C=O) groups excluding carboxylic acids is 2. The van der Waals surface area contributed by atoms with Crippen LogP contribution in [0.1, 0.15) is 33.1 Å². The average Bonchev–Trinajstić information content (AvgIpc) is 3.01. The lowest BCUT2D eigenvalue weighted by Gasteiger charge is -2.25. The summed E-state index contributed by atoms with van der Waals surface area (Å²) in [4.78, 5) is 28.8. The molecular formula is C19H28N2O4. The number of ether oxygens (including phenoxy) is 2. The standard InChI is InChI=1S/C19H28N2O4/c1-5-9-20(10-6-2)19(23)14-11-18(22)21(13-14)16-8-7-15(24-3)12-17(16)25-4/h7-8,12,14H,5-6,9-11,13H2,1-4H3/t14-/m1/s1. The zero-order valence-electron chi connectivity index (χ0n) is 15.6. The summed E-state index contributed by atoms with van der Waals surface area (Å²) in [6.07, 6.45) is 2.09. The summed E-state index contributed by atoms with van der Waals surface area (Å²) >= 11 is 0. The van der Waals surface area contributed by atoms with E-state index in [2.05, 4.69) is 13.8 Å². The molecule has 25 heavy (non-hydrogen) atoms. The van der Waals surface area contributed by atoms with Gasteiger partial charge in [0.1, 0.15) is 11.5 Å². The smallest absolute Gasteiger partial charge is 0.228 e. The van der Waals surface area contributed by atoms with Gasteiger partial charge in [0.15, 0.2) is 0 Å². The van der Waals surface area contributed by atoms with Crippen LogP contribution in [-0.4, -0.2) is 50.6 Å². The molecule has 138 valence electrons. The fraction of sp³-hybridized carbons (Fsp3) is 0.579. The van der Waals surface area contributed by atoms with Crippen molar-refractivity contribution < 1.29 is 19.1 Å². The third-order valence-electron chi connectivity index (χ3n) is 4.45. The fourth-order valence-electron chi connectivity index (χ4n) is 3.24. The van der Waals surface area contributed by atoms with Crippen LogP contribution in [0, 0.1) is 5.92 Å². The van der Waals surface area contributed by atoms with Crippen molar-refractivity contribution in [2.24, 2.45) is 5.92 Å². The Morgan fingerprint density at radius 3 is 2.44 bits per heavy atom. The topological polar surface area (TPSA) is 59.1 Å². The molecule has 1 aliphatic rings. The summed E-state index contributed by atoms with van der Waals surface area (Å²) in [6.45, 7) is 5.99. The lowest BCUT2D eigenvalue weighted by molar-refractivity contribution is -0.135. The van der Waals surface area contributed by atoms with Crippen LogP contribution in [0.25, 0.3) is 0 Å². The molecule has 0 spiro atoms. The molecule has 2 amide bonds. The zero-order valence-corrected chi connectivity index (χ0v) is 15.6. The Balaban J connectivity index is 2.18. The molecule has 1 fully saturated rings.